The Bertz CT molecular complexity index is 2350. The Balaban J connectivity index is 1.56. The summed E-state index contributed by atoms with van der Waals surface area (Å²) < 4.78 is 4.27. The molecule has 0 fully saturated rings. The van der Waals surface area contributed by atoms with E-state index in [9.17, 15) is 5.26 Å². The second-order valence-corrected chi connectivity index (χ2v) is 9.99. The predicted octanol–water partition coefficient (Wildman–Crippen LogP) is 9.46. The molecule has 0 aliphatic heterocycles. The van der Waals surface area contributed by atoms with Gasteiger partial charge in [-0.2, -0.15) is 5.26 Å². The minimum absolute atomic E-state index is 0.443. The van der Waals surface area contributed by atoms with Crippen LogP contribution in [0.4, 0.5) is 5.69 Å². The van der Waals surface area contributed by atoms with E-state index in [0.717, 1.165) is 54.7 Å². The Morgan fingerprint density at radius 3 is 1.68 bits per heavy atom. The van der Waals surface area contributed by atoms with Crippen molar-refractivity contribution in [3.63, 3.8) is 0 Å². The molecule has 0 radical (unpaired) electrons. The van der Waals surface area contributed by atoms with Crippen LogP contribution in [0.2, 0.25) is 0 Å². The van der Waals surface area contributed by atoms with Crippen molar-refractivity contribution in [3.8, 4) is 17.4 Å². The van der Waals surface area contributed by atoms with E-state index >= 15 is 0 Å². The number of benzene rings is 6. The average Bonchev–Trinajstić information content (AvgIpc) is 3.51. The number of rotatable bonds is 2. The minimum Gasteiger partial charge on any atom is -0.318 e. The minimum atomic E-state index is 0.443. The number of hydrogen-bond donors (Lipinski definition) is 0. The fourth-order valence-corrected chi connectivity index (χ4v) is 6.26. The van der Waals surface area contributed by atoms with Gasteiger partial charge in [-0.15, -0.1) is 0 Å². The fourth-order valence-electron chi connectivity index (χ4n) is 6.26. The lowest BCUT2D eigenvalue weighted by Gasteiger charge is -2.17. The SMILES string of the molecule is [C-]#[N+]c1ccc(-n2c3ccccc3c3cc4ccccc4cc32)c(C#N)c1-n1c2ccccc2c2ccccc21. The predicted molar refractivity (Wildman–Crippen MR) is 164 cm³/mol. The quantitative estimate of drug-likeness (QED) is 0.214. The lowest BCUT2D eigenvalue weighted by molar-refractivity contribution is 1.12. The fraction of sp³-hybridized carbons (Fsp3) is 0. The standard InChI is InChI=1S/C36H20N4/c1-38-30-18-19-34(29(22-37)36(30)40-32-16-8-4-12-25(32)26-13-5-9-17-33(26)40)39-31-15-7-6-14-27(31)28-20-23-10-2-3-11-24(23)21-35(28)39/h2-21H. The summed E-state index contributed by atoms with van der Waals surface area (Å²) in [6.45, 7) is 8.07. The van der Waals surface area contributed by atoms with Crippen molar-refractivity contribution >= 4 is 60.1 Å². The van der Waals surface area contributed by atoms with Crippen molar-refractivity contribution in [1.82, 2.24) is 9.13 Å². The molecule has 0 aliphatic carbocycles. The molecule has 0 spiro atoms. The van der Waals surface area contributed by atoms with E-state index in [2.05, 4.69) is 92.8 Å². The van der Waals surface area contributed by atoms with Gasteiger partial charge in [0.25, 0.3) is 0 Å². The maximum Gasteiger partial charge on any atom is 0.212 e. The number of aromatic nitrogens is 2. The van der Waals surface area contributed by atoms with Crippen molar-refractivity contribution in [2.45, 2.75) is 0 Å². The molecule has 0 bridgehead atoms. The molecule has 6 aromatic carbocycles. The van der Waals surface area contributed by atoms with E-state index in [4.69, 9.17) is 6.57 Å². The van der Waals surface area contributed by atoms with Gasteiger partial charge in [0.15, 0.2) is 0 Å². The van der Waals surface area contributed by atoms with E-state index in [1.165, 1.54) is 5.39 Å². The molecule has 184 valence electrons. The van der Waals surface area contributed by atoms with E-state index in [-0.39, 0.29) is 0 Å². The molecular weight excluding hydrogens is 488 g/mol. The Labute approximate surface area is 230 Å². The molecule has 4 nitrogen and oxygen atoms in total. The van der Waals surface area contributed by atoms with Crippen LogP contribution in [0.15, 0.2) is 121 Å². The summed E-state index contributed by atoms with van der Waals surface area (Å²) in [7, 11) is 0. The third-order valence-electron chi connectivity index (χ3n) is 7.95. The van der Waals surface area contributed by atoms with Crippen LogP contribution in [-0.4, -0.2) is 9.13 Å². The molecule has 0 aliphatic rings. The molecule has 0 saturated heterocycles. The largest absolute Gasteiger partial charge is 0.318 e. The van der Waals surface area contributed by atoms with Crippen LogP contribution in [0.25, 0.3) is 70.6 Å². The molecule has 2 heterocycles. The molecule has 0 N–H and O–H groups in total. The number of hydrogen-bond acceptors (Lipinski definition) is 1. The van der Waals surface area contributed by atoms with Crippen molar-refractivity contribution < 1.29 is 0 Å². The summed E-state index contributed by atoms with van der Waals surface area (Å²) in [4.78, 5) is 3.91. The third-order valence-corrected chi connectivity index (χ3v) is 7.95. The van der Waals surface area contributed by atoms with Gasteiger partial charge in [0.1, 0.15) is 6.07 Å². The maximum atomic E-state index is 10.8. The van der Waals surface area contributed by atoms with E-state index in [0.29, 0.717) is 16.9 Å². The topological polar surface area (TPSA) is 38.0 Å². The van der Waals surface area contributed by atoms with Gasteiger partial charge in [0.05, 0.1) is 45.6 Å². The highest BCUT2D eigenvalue weighted by molar-refractivity contribution is 6.14. The Kier molecular flexibility index (Phi) is 4.62. The summed E-state index contributed by atoms with van der Waals surface area (Å²) in [6, 6.07) is 43.8. The van der Waals surface area contributed by atoms with Gasteiger partial charge in [0, 0.05) is 21.5 Å². The first kappa shape index (κ1) is 22.2. The summed E-state index contributed by atoms with van der Waals surface area (Å²) in [5.41, 5.74) is 6.26. The molecule has 0 amide bonds. The van der Waals surface area contributed by atoms with Crippen LogP contribution in [0, 0.1) is 17.9 Å². The van der Waals surface area contributed by atoms with Crippen molar-refractivity contribution in [3.05, 3.63) is 138 Å². The zero-order chi connectivity index (χ0) is 26.8. The number of fused-ring (bicyclic) bond motifs is 7. The Hall–Kier alpha value is -5.84. The third kappa shape index (κ3) is 2.93. The highest BCUT2D eigenvalue weighted by atomic mass is 15.0. The van der Waals surface area contributed by atoms with Gasteiger partial charge in [-0.05, 0) is 47.2 Å². The van der Waals surface area contributed by atoms with Gasteiger partial charge in [-0.3, -0.25) is 0 Å². The molecule has 2 aromatic heterocycles. The first-order chi connectivity index (χ1) is 19.8. The van der Waals surface area contributed by atoms with Gasteiger partial charge in [0.2, 0.25) is 5.69 Å². The van der Waals surface area contributed by atoms with Gasteiger partial charge >= 0.3 is 0 Å². The van der Waals surface area contributed by atoms with Gasteiger partial charge in [-0.1, -0.05) is 84.9 Å². The van der Waals surface area contributed by atoms with Crippen LogP contribution < -0.4 is 0 Å². The summed E-state index contributed by atoms with van der Waals surface area (Å²) in [5, 5.41) is 17.5. The molecule has 0 saturated carbocycles. The lowest BCUT2D eigenvalue weighted by Crippen LogP contribution is -2.04. The van der Waals surface area contributed by atoms with Crippen LogP contribution >= 0.6 is 0 Å². The van der Waals surface area contributed by atoms with E-state index in [1.807, 2.05) is 48.5 Å². The second-order valence-electron chi connectivity index (χ2n) is 9.99. The highest BCUT2D eigenvalue weighted by Gasteiger charge is 2.23. The zero-order valence-electron chi connectivity index (χ0n) is 21.3. The Morgan fingerprint density at radius 2 is 1.07 bits per heavy atom. The van der Waals surface area contributed by atoms with Crippen molar-refractivity contribution in [2.75, 3.05) is 0 Å². The normalized spacial score (nSPS) is 11.4. The Morgan fingerprint density at radius 1 is 0.550 bits per heavy atom. The van der Waals surface area contributed by atoms with E-state index < -0.39 is 0 Å². The first-order valence-electron chi connectivity index (χ1n) is 13.1. The monoisotopic (exact) mass is 508 g/mol. The zero-order valence-corrected chi connectivity index (χ0v) is 21.3. The molecule has 0 atom stereocenters. The molecule has 0 unspecified atom stereocenters. The smallest absolute Gasteiger partial charge is 0.212 e. The highest BCUT2D eigenvalue weighted by Crippen LogP contribution is 2.41. The van der Waals surface area contributed by atoms with Crippen LogP contribution in [0.1, 0.15) is 5.56 Å². The number of nitrogens with zero attached hydrogens (tertiary/aromatic N) is 4. The maximum absolute atomic E-state index is 10.8. The summed E-state index contributed by atoms with van der Waals surface area (Å²) in [6.07, 6.45) is 0. The molecular formula is C36H20N4. The van der Waals surface area contributed by atoms with Gasteiger partial charge < -0.3 is 9.13 Å². The van der Waals surface area contributed by atoms with Gasteiger partial charge in [-0.25, -0.2) is 4.85 Å². The second kappa shape index (κ2) is 8.33. The van der Waals surface area contributed by atoms with Crippen molar-refractivity contribution in [1.29, 1.82) is 5.26 Å². The van der Waals surface area contributed by atoms with E-state index in [1.54, 1.807) is 0 Å². The molecule has 4 heteroatoms. The molecule has 8 aromatic rings. The summed E-state index contributed by atoms with van der Waals surface area (Å²) in [5.74, 6) is 0. The first-order valence-corrected chi connectivity index (χ1v) is 13.1. The molecule has 40 heavy (non-hydrogen) atoms. The lowest BCUT2D eigenvalue weighted by atomic mass is 10.1. The summed E-state index contributed by atoms with van der Waals surface area (Å²) >= 11 is 0. The van der Waals surface area contributed by atoms with Crippen LogP contribution in [0.3, 0.4) is 0 Å². The van der Waals surface area contributed by atoms with Crippen LogP contribution in [0.5, 0.6) is 0 Å². The number of para-hydroxylation sites is 3. The van der Waals surface area contributed by atoms with Crippen LogP contribution in [-0.2, 0) is 0 Å². The number of nitriles is 1. The average molecular weight is 509 g/mol. The van der Waals surface area contributed by atoms with Crippen molar-refractivity contribution in [2.24, 2.45) is 0 Å². The molecule has 8 rings (SSSR count).